The van der Waals surface area contributed by atoms with E-state index in [0.29, 0.717) is 19.0 Å². The summed E-state index contributed by atoms with van der Waals surface area (Å²) in [7, 11) is 0. The zero-order valence-corrected chi connectivity index (χ0v) is 10.7. The SMILES string of the molecule is NC/C=C/COc1cc(CN2CCCC2)ccn1. The van der Waals surface area contributed by atoms with Gasteiger partial charge in [-0.2, -0.15) is 0 Å². The normalized spacial score (nSPS) is 16.5. The van der Waals surface area contributed by atoms with E-state index in [1.165, 1.54) is 31.5 Å². The second kappa shape index (κ2) is 7.13. The van der Waals surface area contributed by atoms with Crippen LogP contribution in [0.15, 0.2) is 30.5 Å². The van der Waals surface area contributed by atoms with Gasteiger partial charge < -0.3 is 10.5 Å². The van der Waals surface area contributed by atoms with Gasteiger partial charge in [-0.1, -0.05) is 12.2 Å². The average molecular weight is 247 g/mol. The first-order chi connectivity index (χ1) is 8.88. The average Bonchev–Trinajstić information content (AvgIpc) is 2.88. The molecule has 1 aromatic heterocycles. The summed E-state index contributed by atoms with van der Waals surface area (Å²) in [6, 6.07) is 4.08. The van der Waals surface area contributed by atoms with E-state index in [4.69, 9.17) is 10.5 Å². The number of ether oxygens (including phenoxy) is 1. The summed E-state index contributed by atoms with van der Waals surface area (Å²) in [6.07, 6.45) is 8.24. The van der Waals surface area contributed by atoms with Crippen LogP contribution in [-0.2, 0) is 6.54 Å². The summed E-state index contributed by atoms with van der Waals surface area (Å²) in [5.41, 5.74) is 6.63. The molecular formula is C14H21N3O. The summed E-state index contributed by atoms with van der Waals surface area (Å²) >= 11 is 0. The maximum absolute atomic E-state index is 5.54. The Hall–Kier alpha value is -1.39. The third-order valence-electron chi connectivity index (χ3n) is 3.03. The predicted octanol–water partition coefficient (Wildman–Crippen LogP) is 1.57. The molecule has 0 aliphatic carbocycles. The van der Waals surface area contributed by atoms with E-state index in [1.807, 2.05) is 24.4 Å². The highest BCUT2D eigenvalue weighted by molar-refractivity contribution is 5.20. The van der Waals surface area contributed by atoms with Crippen molar-refractivity contribution in [2.24, 2.45) is 5.73 Å². The lowest BCUT2D eigenvalue weighted by atomic mass is 10.2. The van der Waals surface area contributed by atoms with Gasteiger partial charge in [-0.3, -0.25) is 4.90 Å². The van der Waals surface area contributed by atoms with Crippen molar-refractivity contribution < 1.29 is 4.74 Å². The summed E-state index contributed by atoms with van der Waals surface area (Å²) in [4.78, 5) is 6.67. The minimum atomic E-state index is 0.525. The molecule has 2 N–H and O–H groups in total. The first-order valence-corrected chi connectivity index (χ1v) is 6.53. The fourth-order valence-electron chi connectivity index (χ4n) is 2.12. The van der Waals surface area contributed by atoms with Crippen molar-refractivity contribution in [2.75, 3.05) is 26.2 Å². The second-order valence-electron chi connectivity index (χ2n) is 4.50. The molecule has 0 amide bonds. The summed E-state index contributed by atoms with van der Waals surface area (Å²) in [5.74, 6) is 0.688. The Morgan fingerprint density at radius 1 is 1.33 bits per heavy atom. The van der Waals surface area contributed by atoms with Gasteiger partial charge in [-0.25, -0.2) is 4.98 Å². The smallest absolute Gasteiger partial charge is 0.213 e. The van der Waals surface area contributed by atoms with E-state index in [-0.39, 0.29) is 0 Å². The molecule has 0 unspecified atom stereocenters. The Bertz CT molecular complexity index is 386. The number of rotatable bonds is 6. The minimum absolute atomic E-state index is 0.525. The molecule has 0 bridgehead atoms. The van der Waals surface area contributed by atoms with Gasteiger partial charge in [0.15, 0.2) is 0 Å². The monoisotopic (exact) mass is 247 g/mol. The predicted molar refractivity (Wildman–Crippen MR) is 72.4 cm³/mol. The summed E-state index contributed by atoms with van der Waals surface area (Å²) < 4.78 is 5.54. The molecule has 4 nitrogen and oxygen atoms in total. The van der Waals surface area contributed by atoms with Crippen LogP contribution in [0.2, 0.25) is 0 Å². The molecular weight excluding hydrogens is 226 g/mol. The van der Waals surface area contributed by atoms with Crippen molar-refractivity contribution in [1.29, 1.82) is 0 Å². The Morgan fingerprint density at radius 2 is 2.17 bits per heavy atom. The highest BCUT2D eigenvalue weighted by Gasteiger charge is 2.11. The van der Waals surface area contributed by atoms with Gasteiger partial charge in [-0.05, 0) is 37.6 Å². The van der Waals surface area contributed by atoms with Crippen molar-refractivity contribution in [2.45, 2.75) is 19.4 Å². The van der Waals surface area contributed by atoms with Gasteiger partial charge in [0, 0.05) is 25.4 Å². The maximum atomic E-state index is 5.54. The van der Waals surface area contributed by atoms with Gasteiger partial charge in [0.05, 0.1) is 0 Å². The van der Waals surface area contributed by atoms with Crippen LogP contribution in [0.25, 0.3) is 0 Å². The molecule has 0 saturated carbocycles. The lowest BCUT2D eigenvalue weighted by Gasteiger charge is -2.14. The quantitative estimate of drug-likeness (QED) is 0.775. The van der Waals surface area contributed by atoms with Crippen LogP contribution in [0, 0.1) is 0 Å². The molecule has 2 rings (SSSR count). The third-order valence-corrected chi connectivity index (χ3v) is 3.03. The minimum Gasteiger partial charge on any atom is -0.473 e. The number of pyridine rings is 1. The van der Waals surface area contributed by atoms with Crippen LogP contribution in [0.4, 0.5) is 0 Å². The zero-order chi connectivity index (χ0) is 12.6. The number of nitrogens with two attached hydrogens (primary N) is 1. The molecule has 1 saturated heterocycles. The Morgan fingerprint density at radius 3 is 2.94 bits per heavy atom. The first-order valence-electron chi connectivity index (χ1n) is 6.53. The Balaban J connectivity index is 1.86. The molecule has 0 spiro atoms. The van der Waals surface area contributed by atoms with E-state index < -0.39 is 0 Å². The molecule has 2 heterocycles. The number of hydrogen-bond donors (Lipinski definition) is 1. The standard InChI is InChI=1S/C14H21N3O/c15-6-1-4-10-18-14-11-13(5-7-16-14)12-17-8-2-3-9-17/h1,4-5,7,11H,2-3,6,8-10,12,15H2/b4-1+. The lowest BCUT2D eigenvalue weighted by Crippen LogP contribution is -2.18. The van der Waals surface area contributed by atoms with Crippen LogP contribution in [0.5, 0.6) is 5.88 Å². The van der Waals surface area contributed by atoms with Crippen LogP contribution in [0.1, 0.15) is 18.4 Å². The first kappa shape index (κ1) is 13.1. The van der Waals surface area contributed by atoms with Gasteiger partial charge in [0.2, 0.25) is 5.88 Å². The van der Waals surface area contributed by atoms with Gasteiger partial charge >= 0.3 is 0 Å². The highest BCUT2D eigenvalue weighted by atomic mass is 16.5. The molecule has 98 valence electrons. The number of aromatic nitrogens is 1. The Kier molecular flexibility index (Phi) is 5.17. The second-order valence-corrected chi connectivity index (χ2v) is 4.50. The highest BCUT2D eigenvalue weighted by Crippen LogP contribution is 2.15. The summed E-state index contributed by atoms with van der Waals surface area (Å²) in [6.45, 7) is 4.48. The topological polar surface area (TPSA) is 51.4 Å². The fourth-order valence-corrected chi connectivity index (χ4v) is 2.12. The van der Waals surface area contributed by atoms with E-state index >= 15 is 0 Å². The van der Waals surface area contributed by atoms with Crippen molar-refractivity contribution >= 4 is 0 Å². The Labute approximate surface area is 108 Å². The molecule has 18 heavy (non-hydrogen) atoms. The molecule has 1 fully saturated rings. The van der Waals surface area contributed by atoms with Crippen LogP contribution < -0.4 is 10.5 Å². The number of nitrogens with zero attached hydrogens (tertiary/aromatic N) is 2. The lowest BCUT2D eigenvalue weighted by molar-refractivity contribution is 0.326. The van der Waals surface area contributed by atoms with Gasteiger partial charge in [-0.15, -0.1) is 0 Å². The van der Waals surface area contributed by atoms with E-state index in [9.17, 15) is 0 Å². The molecule has 1 aliphatic heterocycles. The molecule has 0 radical (unpaired) electrons. The van der Waals surface area contributed by atoms with Crippen molar-refractivity contribution in [3.8, 4) is 5.88 Å². The van der Waals surface area contributed by atoms with E-state index in [1.54, 1.807) is 0 Å². The largest absolute Gasteiger partial charge is 0.473 e. The molecule has 0 atom stereocenters. The van der Waals surface area contributed by atoms with E-state index in [2.05, 4.69) is 16.0 Å². The zero-order valence-electron chi connectivity index (χ0n) is 10.7. The number of likely N-dealkylation sites (tertiary alicyclic amines) is 1. The summed E-state index contributed by atoms with van der Waals surface area (Å²) in [5, 5.41) is 0. The van der Waals surface area contributed by atoms with Crippen molar-refractivity contribution in [3.63, 3.8) is 0 Å². The van der Waals surface area contributed by atoms with Crippen LogP contribution >= 0.6 is 0 Å². The maximum Gasteiger partial charge on any atom is 0.213 e. The van der Waals surface area contributed by atoms with Gasteiger partial charge in [0.1, 0.15) is 6.61 Å². The molecule has 1 aromatic rings. The van der Waals surface area contributed by atoms with E-state index in [0.717, 1.165) is 6.54 Å². The number of hydrogen-bond acceptors (Lipinski definition) is 4. The third kappa shape index (κ3) is 4.13. The van der Waals surface area contributed by atoms with Crippen molar-refractivity contribution in [1.82, 2.24) is 9.88 Å². The van der Waals surface area contributed by atoms with Crippen LogP contribution in [0.3, 0.4) is 0 Å². The molecule has 4 heteroatoms. The molecule has 0 aromatic carbocycles. The van der Waals surface area contributed by atoms with Crippen LogP contribution in [-0.4, -0.2) is 36.1 Å². The molecule has 1 aliphatic rings. The van der Waals surface area contributed by atoms with Crippen molar-refractivity contribution in [3.05, 3.63) is 36.0 Å². The fraction of sp³-hybridized carbons (Fsp3) is 0.500. The van der Waals surface area contributed by atoms with Gasteiger partial charge in [0.25, 0.3) is 0 Å².